The van der Waals surface area contributed by atoms with Crippen molar-refractivity contribution in [1.82, 2.24) is 9.97 Å². The minimum atomic E-state index is -3.60. The molecule has 6 nitrogen and oxygen atoms in total. The normalized spacial score (nSPS) is 14.6. The van der Waals surface area contributed by atoms with Crippen molar-refractivity contribution in [3.05, 3.63) is 77.4 Å². The Kier molecular flexibility index (Phi) is 7.28. The van der Waals surface area contributed by atoms with E-state index in [1.165, 1.54) is 0 Å². The van der Waals surface area contributed by atoms with Gasteiger partial charge in [0, 0.05) is 36.4 Å². The molecule has 4 rings (SSSR count). The van der Waals surface area contributed by atoms with Crippen molar-refractivity contribution in [2.75, 3.05) is 0 Å². The minimum absolute atomic E-state index is 0.0688. The number of fused-ring (bicyclic) bond motifs is 1. The predicted molar refractivity (Wildman–Crippen MR) is 127 cm³/mol. The van der Waals surface area contributed by atoms with Gasteiger partial charge in [-0.1, -0.05) is 38.0 Å². The van der Waals surface area contributed by atoms with Gasteiger partial charge >= 0.3 is 0 Å². The van der Waals surface area contributed by atoms with Crippen LogP contribution in [0.25, 0.3) is 0 Å². The summed E-state index contributed by atoms with van der Waals surface area (Å²) < 4.78 is 33.0. The van der Waals surface area contributed by atoms with Gasteiger partial charge in [-0.25, -0.2) is 13.4 Å². The molecule has 2 aromatic carbocycles. The van der Waals surface area contributed by atoms with E-state index in [0.29, 0.717) is 36.1 Å². The number of carbonyl (C=O) groups is 1. The van der Waals surface area contributed by atoms with E-state index >= 15 is 0 Å². The number of nitrogens with one attached hydrogen (secondary N) is 1. The fourth-order valence-electron chi connectivity index (χ4n) is 4.39. The first kappa shape index (κ1) is 23.2. The minimum Gasteiger partial charge on any atom is -0.490 e. The van der Waals surface area contributed by atoms with E-state index in [4.69, 9.17) is 4.74 Å². The van der Waals surface area contributed by atoms with E-state index in [1.807, 2.05) is 0 Å². The van der Waals surface area contributed by atoms with Gasteiger partial charge in [0.05, 0.1) is 10.6 Å². The highest BCUT2D eigenvalue weighted by Gasteiger charge is 2.27. The standard InChI is InChI=1S/C26H30N2O4S/c1-2-3-8-19(17-26-27-15-16-28-26)32-25-14-13-22-21(11-7-12-24(22)29)23(25)18-33(30,31)20-9-5-4-6-10-20/h4-6,9-10,13-16,19H,2-3,7-8,11-12,17-18H2,1H3,(H,27,28). The van der Waals surface area contributed by atoms with Crippen LogP contribution in [0.3, 0.4) is 0 Å². The smallest absolute Gasteiger partial charge is 0.182 e. The van der Waals surface area contributed by atoms with E-state index in [1.54, 1.807) is 54.9 Å². The van der Waals surface area contributed by atoms with Crippen molar-refractivity contribution in [3.8, 4) is 5.75 Å². The SMILES string of the molecule is CCCCC(Cc1ncc[nH]1)Oc1ccc2c(c1CS(=O)(=O)c1ccccc1)CCCC2=O. The molecule has 1 heterocycles. The van der Waals surface area contributed by atoms with Crippen molar-refractivity contribution in [2.45, 2.75) is 68.6 Å². The highest BCUT2D eigenvalue weighted by atomic mass is 32.2. The Morgan fingerprint density at radius 3 is 2.67 bits per heavy atom. The first-order chi connectivity index (χ1) is 16.0. The third kappa shape index (κ3) is 5.53. The number of carbonyl (C=O) groups excluding carboxylic acids is 1. The molecule has 174 valence electrons. The van der Waals surface area contributed by atoms with Crippen molar-refractivity contribution in [3.63, 3.8) is 0 Å². The van der Waals surface area contributed by atoms with Gasteiger partial charge in [-0.3, -0.25) is 4.79 Å². The van der Waals surface area contributed by atoms with E-state index in [9.17, 15) is 13.2 Å². The van der Waals surface area contributed by atoms with Gasteiger partial charge in [-0.05, 0) is 49.1 Å². The number of benzene rings is 2. The number of ketones is 1. The Morgan fingerprint density at radius 1 is 1.12 bits per heavy atom. The molecule has 1 unspecified atom stereocenters. The maximum Gasteiger partial charge on any atom is 0.182 e. The van der Waals surface area contributed by atoms with Gasteiger partial charge in [-0.2, -0.15) is 0 Å². The van der Waals surface area contributed by atoms with Gasteiger partial charge in [0.1, 0.15) is 17.7 Å². The van der Waals surface area contributed by atoms with Crippen LogP contribution in [0.15, 0.2) is 59.8 Å². The molecule has 0 bridgehead atoms. The van der Waals surface area contributed by atoms with Gasteiger partial charge in [0.15, 0.2) is 15.6 Å². The molecule has 0 fully saturated rings. The van der Waals surface area contributed by atoms with Crippen LogP contribution in [-0.2, 0) is 28.4 Å². The molecule has 0 amide bonds. The molecule has 1 aliphatic carbocycles. The molecule has 0 saturated carbocycles. The Balaban J connectivity index is 1.71. The van der Waals surface area contributed by atoms with Crippen molar-refractivity contribution >= 4 is 15.6 Å². The Hall–Kier alpha value is -2.93. The topological polar surface area (TPSA) is 89.1 Å². The molecule has 1 aromatic heterocycles. The summed E-state index contributed by atoms with van der Waals surface area (Å²) in [4.78, 5) is 20.3. The van der Waals surface area contributed by atoms with Gasteiger partial charge in [-0.15, -0.1) is 0 Å². The number of H-pyrrole nitrogens is 1. The summed E-state index contributed by atoms with van der Waals surface area (Å²) in [6.45, 7) is 2.13. The largest absolute Gasteiger partial charge is 0.490 e. The zero-order chi connectivity index (χ0) is 23.3. The number of aromatic amines is 1. The van der Waals surface area contributed by atoms with Crippen LogP contribution in [0.5, 0.6) is 5.75 Å². The molecule has 3 aromatic rings. The molecule has 7 heteroatoms. The summed E-state index contributed by atoms with van der Waals surface area (Å²) in [5.41, 5.74) is 2.06. The lowest BCUT2D eigenvalue weighted by Gasteiger charge is -2.25. The van der Waals surface area contributed by atoms with E-state index in [0.717, 1.165) is 37.1 Å². The van der Waals surface area contributed by atoms with Gasteiger partial charge < -0.3 is 9.72 Å². The van der Waals surface area contributed by atoms with Crippen LogP contribution in [0, 0.1) is 0 Å². The molecule has 0 radical (unpaired) electrons. The number of sulfone groups is 1. The maximum atomic E-state index is 13.3. The lowest BCUT2D eigenvalue weighted by atomic mass is 9.87. The average Bonchev–Trinajstić information content (AvgIpc) is 3.33. The second-order valence-electron chi connectivity index (χ2n) is 8.54. The highest BCUT2D eigenvalue weighted by Crippen LogP contribution is 2.35. The first-order valence-electron chi connectivity index (χ1n) is 11.6. The zero-order valence-corrected chi connectivity index (χ0v) is 19.7. The summed E-state index contributed by atoms with van der Waals surface area (Å²) in [5.74, 6) is 1.27. The van der Waals surface area contributed by atoms with Crippen LogP contribution in [0.1, 0.15) is 66.3 Å². The monoisotopic (exact) mass is 466 g/mol. The number of ether oxygens (including phenoxy) is 1. The number of nitrogens with zero attached hydrogens (tertiary/aromatic N) is 1. The predicted octanol–water partition coefficient (Wildman–Crippen LogP) is 5.08. The summed E-state index contributed by atoms with van der Waals surface area (Å²) in [6.07, 6.45) is 8.71. The Bertz CT molecular complexity index is 1190. The zero-order valence-electron chi connectivity index (χ0n) is 18.9. The number of hydrogen-bond donors (Lipinski definition) is 1. The third-order valence-corrected chi connectivity index (χ3v) is 7.76. The lowest BCUT2D eigenvalue weighted by molar-refractivity contribution is 0.0972. The Morgan fingerprint density at radius 2 is 1.94 bits per heavy atom. The van der Waals surface area contributed by atoms with Crippen LogP contribution < -0.4 is 4.74 Å². The molecular weight excluding hydrogens is 436 g/mol. The van der Waals surface area contributed by atoms with E-state index < -0.39 is 9.84 Å². The fourth-order valence-corrected chi connectivity index (χ4v) is 5.82. The summed E-state index contributed by atoms with van der Waals surface area (Å²) >= 11 is 0. The number of aromatic nitrogens is 2. The number of hydrogen-bond acceptors (Lipinski definition) is 5. The van der Waals surface area contributed by atoms with Crippen LogP contribution >= 0.6 is 0 Å². The molecule has 33 heavy (non-hydrogen) atoms. The lowest BCUT2D eigenvalue weighted by Crippen LogP contribution is -2.23. The van der Waals surface area contributed by atoms with Crippen LogP contribution in [-0.4, -0.2) is 30.3 Å². The molecule has 0 spiro atoms. The third-order valence-electron chi connectivity index (χ3n) is 6.11. The molecule has 1 N–H and O–H groups in total. The second-order valence-corrected chi connectivity index (χ2v) is 10.5. The molecule has 1 atom stereocenters. The average molecular weight is 467 g/mol. The molecule has 1 aliphatic rings. The first-order valence-corrected chi connectivity index (χ1v) is 13.2. The van der Waals surface area contributed by atoms with Crippen molar-refractivity contribution in [1.29, 1.82) is 0 Å². The van der Waals surface area contributed by atoms with E-state index in [-0.39, 0.29) is 22.5 Å². The number of imidazole rings is 1. The number of rotatable bonds is 10. The van der Waals surface area contributed by atoms with E-state index in [2.05, 4.69) is 16.9 Å². The van der Waals surface area contributed by atoms with Crippen LogP contribution in [0.2, 0.25) is 0 Å². The quantitative estimate of drug-likeness (QED) is 0.450. The fraction of sp³-hybridized carbons (Fsp3) is 0.385. The molecule has 0 saturated heterocycles. The molecule has 0 aliphatic heterocycles. The number of Topliss-reactive ketones (excluding diaryl/α,β-unsaturated/α-hetero) is 1. The molecular formula is C26H30N2O4S. The Labute approximate surface area is 195 Å². The summed E-state index contributed by atoms with van der Waals surface area (Å²) in [6, 6.07) is 12.0. The summed E-state index contributed by atoms with van der Waals surface area (Å²) in [5, 5.41) is 0. The van der Waals surface area contributed by atoms with Crippen molar-refractivity contribution < 1.29 is 17.9 Å². The van der Waals surface area contributed by atoms with Crippen LogP contribution in [0.4, 0.5) is 0 Å². The second kappa shape index (κ2) is 10.3. The van der Waals surface area contributed by atoms with Crippen molar-refractivity contribution in [2.24, 2.45) is 0 Å². The van der Waals surface area contributed by atoms with Gasteiger partial charge in [0.25, 0.3) is 0 Å². The van der Waals surface area contributed by atoms with Gasteiger partial charge in [0.2, 0.25) is 0 Å². The summed E-state index contributed by atoms with van der Waals surface area (Å²) in [7, 11) is -3.60. The number of unbranched alkanes of at least 4 members (excludes halogenated alkanes) is 1. The maximum absolute atomic E-state index is 13.3. The highest BCUT2D eigenvalue weighted by molar-refractivity contribution is 7.90.